The number of nitrogens with zero attached hydrogens (tertiary/aromatic N) is 1. The fraction of sp³-hybridized carbons (Fsp3) is 0.158. The number of anilines is 1. The van der Waals surface area contributed by atoms with Crippen LogP contribution in [0.15, 0.2) is 53.4 Å². The van der Waals surface area contributed by atoms with Gasteiger partial charge in [0.1, 0.15) is 5.75 Å². The molecule has 1 aliphatic heterocycles. The van der Waals surface area contributed by atoms with Gasteiger partial charge in [-0.3, -0.25) is 9.69 Å². The normalized spacial score (nSPS) is 16.1. The van der Waals surface area contributed by atoms with Crippen LogP contribution < -0.4 is 9.64 Å². The van der Waals surface area contributed by atoms with Gasteiger partial charge in [-0.25, -0.2) is 0 Å². The summed E-state index contributed by atoms with van der Waals surface area (Å²) in [6, 6.07) is 15.5. The summed E-state index contributed by atoms with van der Waals surface area (Å²) in [4.78, 5) is 15.0. The van der Waals surface area contributed by atoms with E-state index < -0.39 is 0 Å². The van der Waals surface area contributed by atoms with Crippen LogP contribution in [0.2, 0.25) is 0 Å². The van der Waals surface area contributed by atoms with Crippen LogP contribution in [0, 0.1) is 6.92 Å². The van der Waals surface area contributed by atoms with E-state index >= 15 is 0 Å². The standard InChI is InChI=1S/C19H17NO2S2/c1-3-22-16-10-5-4-8-14(16)12-17-18(21)20(19(23)24-17)15-9-6-7-13(2)11-15/h4-12H,3H2,1-2H3/b17-12-. The second-order valence-corrected chi connectivity index (χ2v) is 7.00. The van der Waals surface area contributed by atoms with Crippen molar-refractivity contribution in [3.05, 3.63) is 64.6 Å². The minimum Gasteiger partial charge on any atom is -0.493 e. The van der Waals surface area contributed by atoms with E-state index in [1.165, 1.54) is 11.8 Å². The van der Waals surface area contributed by atoms with Crippen LogP contribution >= 0.6 is 24.0 Å². The van der Waals surface area contributed by atoms with E-state index in [2.05, 4.69) is 0 Å². The van der Waals surface area contributed by atoms with Crippen LogP contribution in [-0.2, 0) is 4.79 Å². The van der Waals surface area contributed by atoms with Crippen molar-refractivity contribution in [3.63, 3.8) is 0 Å². The Morgan fingerprint density at radius 1 is 1.21 bits per heavy atom. The molecule has 0 aromatic heterocycles. The topological polar surface area (TPSA) is 29.5 Å². The van der Waals surface area contributed by atoms with Crippen LogP contribution in [-0.4, -0.2) is 16.8 Å². The third kappa shape index (κ3) is 3.37. The highest BCUT2D eigenvalue weighted by Crippen LogP contribution is 2.37. The van der Waals surface area contributed by atoms with Crippen molar-refractivity contribution in [1.82, 2.24) is 0 Å². The van der Waals surface area contributed by atoms with E-state index in [4.69, 9.17) is 17.0 Å². The van der Waals surface area contributed by atoms with E-state index in [1.807, 2.05) is 68.5 Å². The number of amides is 1. The summed E-state index contributed by atoms with van der Waals surface area (Å²) in [6.07, 6.45) is 1.85. The minimum absolute atomic E-state index is 0.0955. The molecule has 1 saturated heterocycles. The number of hydrogen-bond donors (Lipinski definition) is 0. The lowest BCUT2D eigenvalue weighted by molar-refractivity contribution is -0.113. The van der Waals surface area contributed by atoms with E-state index in [0.717, 1.165) is 22.6 Å². The maximum atomic E-state index is 12.8. The molecule has 0 atom stereocenters. The molecule has 1 amide bonds. The largest absolute Gasteiger partial charge is 0.493 e. The lowest BCUT2D eigenvalue weighted by atomic mass is 10.1. The highest BCUT2D eigenvalue weighted by molar-refractivity contribution is 8.27. The van der Waals surface area contributed by atoms with Gasteiger partial charge in [-0.15, -0.1) is 0 Å². The van der Waals surface area contributed by atoms with Crippen LogP contribution in [0.4, 0.5) is 5.69 Å². The second-order valence-electron chi connectivity index (χ2n) is 5.33. The van der Waals surface area contributed by atoms with E-state index in [9.17, 15) is 4.79 Å². The Balaban J connectivity index is 1.94. The molecule has 2 aromatic rings. The fourth-order valence-corrected chi connectivity index (χ4v) is 3.78. The van der Waals surface area contributed by atoms with Crippen LogP contribution in [0.3, 0.4) is 0 Å². The molecule has 1 heterocycles. The summed E-state index contributed by atoms with van der Waals surface area (Å²) < 4.78 is 6.17. The maximum Gasteiger partial charge on any atom is 0.270 e. The van der Waals surface area contributed by atoms with Crippen molar-refractivity contribution in [3.8, 4) is 5.75 Å². The monoisotopic (exact) mass is 355 g/mol. The maximum absolute atomic E-state index is 12.8. The molecule has 0 N–H and O–H groups in total. The number of hydrogen-bond acceptors (Lipinski definition) is 4. The predicted molar refractivity (Wildman–Crippen MR) is 104 cm³/mol. The Labute approximate surface area is 151 Å². The van der Waals surface area contributed by atoms with Gasteiger partial charge < -0.3 is 4.74 Å². The number of ether oxygens (including phenoxy) is 1. The summed E-state index contributed by atoms with van der Waals surface area (Å²) in [5, 5.41) is 0. The number of thioether (sulfide) groups is 1. The Kier molecular flexibility index (Phi) is 5.02. The molecule has 3 nitrogen and oxygen atoms in total. The van der Waals surface area contributed by atoms with Crippen molar-refractivity contribution in [2.45, 2.75) is 13.8 Å². The van der Waals surface area contributed by atoms with Crippen molar-refractivity contribution in [2.75, 3.05) is 11.5 Å². The second kappa shape index (κ2) is 7.20. The molecule has 0 spiro atoms. The third-order valence-corrected chi connectivity index (χ3v) is 4.86. The van der Waals surface area contributed by atoms with Gasteiger partial charge in [-0.1, -0.05) is 54.3 Å². The molecule has 0 aliphatic carbocycles. The first-order valence-electron chi connectivity index (χ1n) is 7.66. The molecule has 3 rings (SSSR count). The number of benzene rings is 2. The zero-order valence-electron chi connectivity index (χ0n) is 13.5. The first-order chi connectivity index (χ1) is 11.6. The lowest BCUT2D eigenvalue weighted by Gasteiger charge is -2.14. The number of carbonyl (C=O) groups is 1. The van der Waals surface area contributed by atoms with Gasteiger partial charge in [0.15, 0.2) is 4.32 Å². The van der Waals surface area contributed by atoms with E-state index in [0.29, 0.717) is 15.8 Å². The van der Waals surface area contributed by atoms with E-state index in [1.54, 1.807) is 4.90 Å². The van der Waals surface area contributed by atoms with Crippen molar-refractivity contribution in [1.29, 1.82) is 0 Å². The molecule has 122 valence electrons. The molecule has 0 radical (unpaired) electrons. The smallest absolute Gasteiger partial charge is 0.270 e. The zero-order chi connectivity index (χ0) is 17.1. The summed E-state index contributed by atoms with van der Waals surface area (Å²) in [5.74, 6) is 0.669. The summed E-state index contributed by atoms with van der Waals surface area (Å²) in [5.41, 5.74) is 2.77. The number of para-hydroxylation sites is 1. The Hall–Kier alpha value is -2.11. The molecule has 1 aliphatic rings. The molecular formula is C19H17NO2S2. The molecular weight excluding hydrogens is 338 g/mol. The lowest BCUT2D eigenvalue weighted by Crippen LogP contribution is -2.27. The van der Waals surface area contributed by atoms with Gasteiger partial charge in [-0.2, -0.15) is 0 Å². The third-order valence-electron chi connectivity index (χ3n) is 3.56. The average Bonchev–Trinajstić information content (AvgIpc) is 2.83. The van der Waals surface area contributed by atoms with Crippen molar-refractivity contribution in [2.24, 2.45) is 0 Å². The molecule has 24 heavy (non-hydrogen) atoms. The van der Waals surface area contributed by atoms with Gasteiger partial charge in [-0.05, 0) is 43.7 Å². The Bertz CT molecular complexity index is 830. The molecule has 2 aromatic carbocycles. The van der Waals surface area contributed by atoms with Gasteiger partial charge >= 0.3 is 0 Å². The van der Waals surface area contributed by atoms with Gasteiger partial charge in [0.2, 0.25) is 0 Å². The number of carbonyl (C=O) groups excluding carboxylic acids is 1. The minimum atomic E-state index is -0.0955. The SMILES string of the molecule is CCOc1ccccc1/C=C1\SC(=S)N(c2cccc(C)c2)C1=O. The predicted octanol–water partition coefficient (Wildman–Crippen LogP) is 4.80. The summed E-state index contributed by atoms with van der Waals surface area (Å²) in [7, 11) is 0. The average molecular weight is 355 g/mol. The first-order valence-corrected chi connectivity index (χ1v) is 8.89. The quantitative estimate of drug-likeness (QED) is 0.582. The van der Waals surface area contributed by atoms with Crippen LogP contribution in [0.25, 0.3) is 6.08 Å². The van der Waals surface area contributed by atoms with Crippen LogP contribution in [0.5, 0.6) is 5.75 Å². The Morgan fingerprint density at radius 2 is 2.00 bits per heavy atom. The highest BCUT2D eigenvalue weighted by Gasteiger charge is 2.33. The number of thiocarbonyl (C=S) groups is 1. The van der Waals surface area contributed by atoms with Crippen molar-refractivity contribution >= 4 is 46.0 Å². The molecule has 5 heteroatoms. The zero-order valence-corrected chi connectivity index (χ0v) is 15.1. The van der Waals surface area contributed by atoms with Gasteiger partial charge in [0.25, 0.3) is 5.91 Å². The molecule has 0 saturated carbocycles. The molecule has 0 bridgehead atoms. The van der Waals surface area contributed by atoms with E-state index in [-0.39, 0.29) is 5.91 Å². The van der Waals surface area contributed by atoms with Gasteiger partial charge in [0, 0.05) is 5.56 Å². The highest BCUT2D eigenvalue weighted by atomic mass is 32.2. The Morgan fingerprint density at radius 3 is 2.75 bits per heavy atom. The van der Waals surface area contributed by atoms with Crippen molar-refractivity contribution < 1.29 is 9.53 Å². The summed E-state index contributed by atoms with van der Waals surface area (Å²) in [6.45, 7) is 4.51. The van der Waals surface area contributed by atoms with Crippen LogP contribution in [0.1, 0.15) is 18.1 Å². The number of rotatable bonds is 4. The first kappa shape index (κ1) is 16.7. The summed E-state index contributed by atoms with van der Waals surface area (Å²) >= 11 is 6.73. The van der Waals surface area contributed by atoms with Gasteiger partial charge in [0.05, 0.1) is 17.2 Å². The molecule has 1 fully saturated rings. The molecule has 0 unspecified atom stereocenters. The fourth-order valence-electron chi connectivity index (χ4n) is 2.49. The number of aryl methyl sites for hydroxylation is 1.